The average molecular weight is 698 g/mol. The van der Waals surface area contributed by atoms with Crippen molar-refractivity contribution in [3.05, 3.63) is 76.4 Å². The Hall–Kier alpha value is -2.35. The van der Waals surface area contributed by atoms with Crippen LogP contribution in [0.5, 0.6) is 0 Å². The van der Waals surface area contributed by atoms with E-state index in [2.05, 4.69) is 121 Å². The van der Waals surface area contributed by atoms with Crippen molar-refractivity contribution in [2.45, 2.75) is 221 Å². The van der Waals surface area contributed by atoms with E-state index in [9.17, 15) is 0 Å². The fraction of sp³-hybridized carbons (Fsp3) is 0.694. The molecule has 3 rings (SSSR count). The molecule has 2 aromatic carbocycles. The molecule has 3 aromatic rings. The van der Waals surface area contributed by atoms with Crippen molar-refractivity contribution >= 4 is 0 Å². The maximum atomic E-state index is 2.71. The summed E-state index contributed by atoms with van der Waals surface area (Å²) in [5, 5.41) is 0. The van der Waals surface area contributed by atoms with Gasteiger partial charge in [-0.15, -0.1) is 0 Å². The van der Waals surface area contributed by atoms with Crippen molar-refractivity contribution in [2.24, 2.45) is 0 Å². The fourth-order valence-electron chi connectivity index (χ4n) is 8.23. The monoisotopic (exact) mass is 698 g/mol. The van der Waals surface area contributed by atoms with Crippen molar-refractivity contribution in [3.8, 4) is 11.4 Å². The molecule has 0 bridgehead atoms. The Morgan fingerprint density at radius 3 is 1.20 bits per heavy atom. The van der Waals surface area contributed by atoms with Gasteiger partial charge in [-0.05, 0) is 36.5 Å². The minimum Gasteiger partial charge on any atom is -0.198 e. The molecule has 1 heterocycles. The lowest BCUT2D eigenvalue weighted by molar-refractivity contribution is -0.604. The number of aromatic nitrogens is 2. The van der Waals surface area contributed by atoms with Gasteiger partial charge in [0.15, 0.2) is 11.4 Å². The molecule has 1 aromatic heterocycles. The van der Waals surface area contributed by atoms with Gasteiger partial charge in [-0.25, -0.2) is 0 Å². The summed E-state index contributed by atoms with van der Waals surface area (Å²) in [7, 11) is 0. The molecule has 0 aliphatic rings. The van der Waals surface area contributed by atoms with Crippen LogP contribution in [0.4, 0.5) is 0 Å². The lowest BCUT2D eigenvalue weighted by Gasteiger charge is -2.18. The molecule has 286 valence electrons. The van der Waals surface area contributed by atoms with E-state index in [1.54, 1.807) is 11.4 Å². The first-order valence-corrected chi connectivity index (χ1v) is 22.0. The van der Waals surface area contributed by atoms with E-state index in [1.165, 1.54) is 149 Å². The van der Waals surface area contributed by atoms with Crippen molar-refractivity contribution in [1.82, 2.24) is 4.57 Å². The minimum atomic E-state index is 0.463. The Morgan fingerprint density at radius 1 is 0.451 bits per heavy atom. The summed E-state index contributed by atoms with van der Waals surface area (Å²) in [6.07, 6.45) is 29.5. The molecule has 0 spiro atoms. The van der Waals surface area contributed by atoms with Gasteiger partial charge >= 0.3 is 0 Å². The lowest BCUT2D eigenvalue weighted by Crippen LogP contribution is -2.36. The van der Waals surface area contributed by atoms with Gasteiger partial charge in [-0.3, -0.25) is 0 Å². The van der Waals surface area contributed by atoms with Gasteiger partial charge in [0.1, 0.15) is 11.4 Å². The van der Waals surface area contributed by atoms with Gasteiger partial charge < -0.3 is 0 Å². The van der Waals surface area contributed by atoms with Crippen LogP contribution in [0.3, 0.4) is 0 Å². The Bertz CT molecular complexity index is 1230. The fourth-order valence-corrected chi connectivity index (χ4v) is 8.23. The van der Waals surface area contributed by atoms with E-state index in [0.717, 1.165) is 12.8 Å². The molecule has 0 radical (unpaired) electrons. The highest BCUT2D eigenvalue weighted by molar-refractivity contribution is 5.53. The zero-order valence-electron chi connectivity index (χ0n) is 35.4. The van der Waals surface area contributed by atoms with Crippen molar-refractivity contribution in [3.63, 3.8) is 0 Å². The lowest BCUT2D eigenvalue weighted by atomic mass is 9.92. The third-order valence-corrected chi connectivity index (χ3v) is 11.3. The van der Waals surface area contributed by atoms with Crippen LogP contribution < -0.4 is 4.57 Å². The van der Waals surface area contributed by atoms with Crippen LogP contribution in [0.25, 0.3) is 11.4 Å². The van der Waals surface area contributed by atoms with Gasteiger partial charge in [0.25, 0.3) is 6.33 Å². The van der Waals surface area contributed by atoms with E-state index in [-0.39, 0.29) is 0 Å². The maximum absolute atomic E-state index is 2.71. The van der Waals surface area contributed by atoms with Crippen LogP contribution in [-0.4, -0.2) is 4.57 Å². The largest absolute Gasteiger partial charge is 0.254 e. The summed E-state index contributed by atoms with van der Waals surface area (Å²) >= 11 is 0. The van der Waals surface area contributed by atoms with Crippen LogP contribution in [0.1, 0.15) is 242 Å². The number of unbranched alkanes of at least 4 members (excludes halogenated alkanes) is 16. The van der Waals surface area contributed by atoms with Gasteiger partial charge in [0, 0.05) is 35.1 Å². The van der Waals surface area contributed by atoms with Crippen molar-refractivity contribution < 1.29 is 4.57 Å². The SMILES string of the molecule is CCCCCCCCCCCc1c(CCCCCCCCCCC)[n+](-c2c(C(C)C)cccc2C(C)C)cn1-c1c(C(C)C)cccc1C(C)C. The summed E-state index contributed by atoms with van der Waals surface area (Å²) < 4.78 is 5.42. The molecule has 0 N–H and O–H groups in total. The normalized spacial score (nSPS) is 12.0. The van der Waals surface area contributed by atoms with E-state index in [0.29, 0.717) is 23.7 Å². The van der Waals surface area contributed by atoms with E-state index >= 15 is 0 Å². The molecule has 2 heteroatoms. The number of nitrogens with zero attached hydrogens (tertiary/aromatic N) is 2. The Morgan fingerprint density at radius 2 is 0.804 bits per heavy atom. The molecule has 0 aliphatic heterocycles. The van der Waals surface area contributed by atoms with Gasteiger partial charge in [-0.1, -0.05) is 208 Å². The van der Waals surface area contributed by atoms with Crippen LogP contribution in [0.15, 0.2) is 42.7 Å². The Balaban J connectivity index is 2.12. The van der Waals surface area contributed by atoms with Gasteiger partial charge in [-0.2, -0.15) is 9.13 Å². The number of hydrogen-bond donors (Lipinski definition) is 0. The summed E-state index contributed by atoms with van der Waals surface area (Å²) in [6.45, 7) is 23.7. The maximum Gasteiger partial charge on any atom is 0.254 e. The first-order valence-electron chi connectivity index (χ1n) is 22.0. The Kier molecular flexibility index (Phi) is 19.7. The van der Waals surface area contributed by atoms with E-state index in [4.69, 9.17) is 0 Å². The molecule has 0 amide bonds. The van der Waals surface area contributed by atoms with Crippen LogP contribution in [0, 0.1) is 0 Å². The summed E-state index contributed by atoms with van der Waals surface area (Å²) in [4.78, 5) is 0. The third kappa shape index (κ3) is 12.9. The van der Waals surface area contributed by atoms with E-state index in [1.807, 2.05) is 0 Å². The predicted molar refractivity (Wildman–Crippen MR) is 226 cm³/mol. The van der Waals surface area contributed by atoms with Gasteiger partial charge in [0.05, 0.1) is 0 Å². The second-order valence-electron chi connectivity index (χ2n) is 17.1. The van der Waals surface area contributed by atoms with Crippen molar-refractivity contribution in [1.29, 1.82) is 0 Å². The highest BCUT2D eigenvalue weighted by Gasteiger charge is 2.32. The number of benzene rings is 2. The molecular weight excluding hydrogens is 617 g/mol. The highest BCUT2D eigenvalue weighted by Crippen LogP contribution is 2.35. The Labute approximate surface area is 317 Å². The third-order valence-electron chi connectivity index (χ3n) is 11.3. The second kappa shape index (κ2) is 23.3. The summed E-state index contributed by atoms with van der Waals surface area (Å²) in [5.74, 6) is 1.85. The summed E-state index contributed by atoms with van der Waals surface area (Å²) in [5.41, 5.74) is 12.0. The molecule has 0 saturated carbocycles. The molecular formula is C49H81N2+. The number of para-hydroxylation sites is 2. The molecule has 2 nitrogen and oxygen atoms in total. The molecule has 0 atom stereocenters. The average Bonchev–Trinajstić information content (AvgIpc) is 3.46. The zero-order chi connectivity index (χ0) is 37.2. The van der Waals surface area contributed by atoms with Crippen LogP contribution in [-0.2, 0) is 12.8 Å². The van der Waals surface area contributed by atoms with Gasteiger partial charge in [0.2, 0.25) is 0 Å². The summed E-state index contributed by atoms with van der Waals surface area (Å²) in [6, 6.07) is 14.2. The standard InChI is InChI=1S/C49H81N2/c1-11-13-15-17-19-21-23-25-27-35-46-47(36-28-26-24-22-20-18-16-14-12-2)51(49-44(40(7)8)33-30-34-45(49)41(9)10)37-50(46)48-42(38(3)4)31-29-32-43(48)39(5)6/h29-34,37-41H,11-28,35-36H2,1-10H3/q+1. The van der Waals surface area contributed by atoms with Crippen molar-refractivity contribution in [2.75, 3.05) is 0 Å². The zero-order valence-corrected chi connectivity index (χ0v) is 35.4. The smallest absolute Gasteiger partial charge is 0.198 e. The molecule has 0 unspecified atom stereocenters. The molecule has 0 fully saturated rings. The van der Waals surface area contributed by atoms with E-state index < -0.39 is 0 Å². The quantitative estimate of drug-likeness (QED) is 0.0583. The molecule has 0 aliphatic carbocycles. The molecule has 0 saturated heterocycles. The number of hydrogen-bond acceptors (Lipinski definition) is 0. The topological polar surface area (TPSA) is 8.81 Å². The first kappa shape index (κ1) is 43.1. The molecule has 51 heavy (non-hydrogen) atoms. The number of rotatable bonds is 26. The highest BCUT2D eigenvalue weighted by atomic mass is 15.2. The minimum absolute atomic E-state index is 0.463. The number of imidazole rings is 1. The van der Waals surface area contributed by atoms with Crippen LogP contribution >= 0.6 is 0 Å². The second-order valence-corrected chi connectivity index (χ2v) is 17.1. The first-order chi connectivity index (χ1) is 24.6. The van der Waals surface area contributed by atoms with Crippen LogP contribution in [0.2, 0.25) is 0 Å². The predicted octanol–water partition coefficient (Wildman–Crippen LogP) is 15.4.